The Hall–Kier alpha value is -2.55. The maximum atomic E-state index is 11.7. The largest absolute Gasteiger partial charge is 0.455 e. The Balaban J connectivity index is 1.81. The number of carbonyl (C=O) groups is 2. The van der Waals surface area contributed by atoms with Crippen molar-refractivity contribution in [3.63, 3.8) is 0 Å². The molecule has 0 fully saturated rings. The number of nitriles is 1. The van der Waals surface area contributed by atoms with Gasteiger partial charge in [0, 0.05) is 5.69 Å². The molecule has 0 radical (unpaired) electrons. The summed E-state index contributed by atoms with van der Waals surface area (Å²) in [5.41, 5.74) is 1.64. The van der Waals surface area contributed by atoms with Crippen molar-refractivity contribution < 1.29 is 14.3 Å². The summed E-state index contributed by atoms with van der Waals surface area (Å²) in [6.45, 7) is -0.403. The van der Waals surface area contributed by atoms with E-state index in [-0.39, 0.29) is 6.42 Å². The number of hydrogen-bond acceptors (Lipinski definition) is 4. The Morgan fingerprint density at radius 3 is 2.42 bits per heavy atom. The predicted molar refractivity (Wildman–Crippen MR) is 90.9 cm³/mol. The first-order valence-corrected chi connectivity index (χ1v) is 7.63. The number of halogens is 2. The molecule has 0 unspecified atom stereocenters. The van der Waals surface area contributed by atoms with Gasteiger partial charge < -0.3 is 10.1 Å². The van der Waals surface area contributed by atoms with Gasteiger partial charge in [0.1, 0.15) is 0 Å². The van der Waals surface area contributed by atoms with Gasteiger partial charge in [0.25, 0.3) is 5.91 Å². The fraction of sp³-hybridized carbons (Fsp3) is 0.118. The van der Waals surface area contributed by atoms with Crippen LogP contribution in [-0.2, 0) is 20.7 Å². The molecule has 2 aromatic rings. The fourth-order valence-corrected chi connectivity index (χ4v) is 2.16. The first-order valence-electron chi connectivity index (χ1n) is 6.87. The summed E-state index contributed by atoms with van der Waals surface area (Å²) in [6.07, 6.45) is -0.0129. The van der Waals surface area contributed by atoms with Crippen LogP contribution in [0.2, 0.25) is 10.0 Å². The monoisotopic (exact) mass is 362 g/mol. The summed E-state index contributed by atoms with van der Waals surface area (Å²) >= 11 is 11.7. The topological polar surface area (TPSA) is 79.2 Å². The minimum Gasteiger partial charge on any atom is -0.455 e. The molecule has 1 amide bonds. The number of esters is 1. The molecule has 0 aliphatic carbocycles. The molecule has 1 N–H and O–H groups in total. The first kappa shape index (κ1) is 17.8. The van der Waals surface area contributed by atoms with Gasteiger partial charge in [-0.15, -0.1) is 0 Å². The Bertz CT molecular complexity index is 798. The standard InChI is InChI=1S/C17H12Cl2N2O3/c18-14-6-3-12(7-15(14)19)8-17(23)24-10-16(22)21-13-4-1-11(9-20)2-5-13/h1-7H,8,10H2,(H,21,22). The first-order chi connectivity index (χ1) is 11.5. The second-order valence-electron chi connectivity index (χ2n) is 4.82. The number of nitrogens with one attached hydrogen (secondary N) is 1. The molecule has 2 aromatic carbocycles. The molecule has 5 nitrogen and oxygen atoms in total. The number of benzene rings is 2. The summed E-state index contributed by atoms with van der Waals surface area (Å²) in [5, 5.41) is 12.0. The van der Waals surface area contributed by atoms with Gasteiger partial charge in [-0.05, 0) is 42.0 Å². The number of hydrogen-bond donors (Lipinski definition) is 1. The van der Waals surface area contributed by atoms with Crippen molar-refractivity contribution in [2.24, 2.45) is 0 Å². The Labute approximate surface area is 148 Å². The average Bonchev–Trinajstić information content (AvgIpc) is 2.57. The SMILES string of the molecule is N#Cc1ccc(NC(=O)COC(=O)Cc2ccc(Cl)c(Cl)c2)cc1. The zero-order chi connectivity index (χ0) is 17.5. The van der Waals surface area contributed by atoms with Crippen molar-refractivity contribution in [3.05, 3.63) is 63.6 Å². The third-order valence-electron chi connectivity index (χ3n) is 2.99. The molecule has 24 heavy (non-hydrogen) atoms. The second kappa shape index (κ2) is 8.34. The van der Waals surface area contributed by atoms with Crippen LogP contribution in [0.5, 0.6) is 0 Å². The minimum atomic E-state index is -0.552. The van der Waals surface area contributed by atoms with Gasteiger partial charge in [-0.1, -0.05) is 29.3 Å². The molecule has 0 atom stereocenters. The number of rotatable bonds is 5. The number of anilines is 1. The van der Waals surface area contributed by atoms with E-state index in [1.165, 1.54) is 0 Å². The van der Waals surface area contributed by atoms with E-state index in [1.807, 2.05) is 6.07 Å². The highest BCUT2D eigenvalue weighted by Gasteiger charge is 2.10. The lowest BCUT2D eigenvalue weighted by Gasteiger charge is -2.07. The van der Waals surface area contributed by atoms with Gasteiger partial charge in [0.15, 0.2) is 6.61 Å². The molecule has 0 spiro atoms. The third-order valence-corrected chi connectivity index (χ3v) is 3.73. The van der Waals surface area contributed by atoms with Crippen LogP contribution >= 0.6 is 23.2 Å². The smallest absolute Gasteiger partial charge is 0.310 e. The van der Waals surface area contributed by atoms with E-state index >= 15 is 0 Å². The lowest BCUT2D eigenvalue weighted by Crippen LogP contribution is -2.21. The van der Waals surface area contributed by atoms with Crippen molar-refractivity contribution in [1.82, 2.24) is 0 Å². The molecule has 0 saturated carbocycles. The predicted octanol–water partition coefficient (Wildman–Crippen LogP) is 3.59. The minimum absolute atomic E-state index is 0.0129. The quantitative estimate of drug-likeness (QED) is 0.824. The summed E-state index contributed by atoms with van der Waals surface area (Å²) in [5.74, 6) is -1.02. The summed E-state index contributed by atoms with van der Waals surface area (Å²) in [6, 6.07) is 13.1. The summed E-state index contributed by atoms with van der Waals surface area (Å²) in [7, 11) is 0. The highest BCUT2D eigenvalue weighted by atomic mass is 35.5. The van der Waals surface area contributed by atoms with Gasteiger partial charge in [-0.3, -0.25) is 9.59 Å². The van der Waals surface area contributed by atoms with E-state index in [9.17, 15) is 9.59 Å². The zero-order valence-corrected chi connectivity index (χ0v) is 13.9. The highest BCUT2D eigenvalue weighted by Crippen LogP contribution is 2.22. The van der Waals surface area contributed by atoms with E-state index in [4.69, 9.17) is 33.2 Å². The van der Waals surface area contributed by atoms with Crippen LogP contribution in [0.15, 0.2) is 42.5 Å². The van der Waals surface area contributed by atoms with Crippen molar-refractivity contribution in [2.45, 2.75) is 6.42 Å². The van der Waals surface area contributed by atoms with Crippen LogP contribution in [0.4, 0.5) is 5.69 Å². The number of carbonyl (C=O) groups excluding carboxylic acids is 2. The molecule has 122 valence electrons. The second-order valence-corrected chi connectivity index (χ2v) is 5.64. The van der Waals surface area contributed by atoms with Crippen LogP contribution in [0.3, 0.4) is 0 Å². The summed E-state index contributed by atoms with van der Waals surface area (Å²) < 4.78 is 4.92. The van der Waals surface area contributed by atoms with Crippen LogP contribution < -0.4 is 5.32 Å². The maximum absolute atomic E-state index is 11.7. The normalized spacial score (nSPS) is 9.88. The molecule has 0 heterocycles. The molecule has 7 heteroatoms. The highest BCUT2D eigenvalue weighted by molar-refractivity contribution is 6.42. The number of amides is 1. The van der Waals surface area contributed by atoms with Crippen molar-refractivity contribution in [1.29, 1.82) is 5.26 Å². The van der Waals surface area contributed by atoms with Gasteiger partial charge in [-0.2, -0.15) is 5.26 Å². The molecule has 0 bridgehead atoms. The third kappa shape index (κ3) is 5.27. The summed E-state index contributed by atoms with van der Waals surface area (Å²) in [4.78, 5) is 23.5. The maximum Gasteiger partial charge on any atom is 0.310 e. The molecule has 0 aliphatic heterocycles. The molecule has 0 aliphatic rings. The van der Waals surface area contributed by atoms with Crippen molar-refractivity contribution in [3.8, 4) is 6.07 Å². The molecular formula is C17H12Cl2N2O3. The van der Waals surface area contributed by atoms with Gasteiger partial charge in [-0.25, -0.2) is 0 Å². The van der Waals surface area contributed by atoms with Crippen LogP contribution in [0, 0.1) is 11.3 Å². The number of nitrogens with zero attached hydrogens (tertiary/aromatic N) is 1. The van der Waals surface area contributed by atoms with Gasteiger partial charge in [0.05, 0.1) is 28.1 Å². The Kier molecular flexibility index (Phi) is 6.19. The van der Waals surface area contributed by atoms with E-state index in [0.29, 0.717) is 26.9 Å². The van der Waals surface area contributed by atoms with Crippen LogP contribution in [0.25, 0.3) is 0 Å². The lowest BCUT2D eigenvalue weighted by molar-refractivity contribution is -0.146. The molecule has 0 saturated heterocycles. The number of ether oxygens (including phenoxy) is 1. The van der Waals surface area contributed by atoms with E-state index < -0.39 is 18.5 Å². The Morgan fingerprint density at radius 1 is 1.08 bits per heavy atom. The Morgan fingerprint density at radius 2 is 1.79 bits per heavy atom. The van der Waals surface area contributed by atoms with Gasteiger partial charge >= 0.3 is 5.97 Å². The van der Waals surface area contributed by atoms with E-state index in [2.05, 4.69) is 5.32 Å². The molecule has 0 aromatic heterocycles. The van der Waals surface area contributed by atoms with Crippen LogP contribution in [-0.4, -0.2) is 18.5 Å². The molecule has 2 rings (SSSR count). The van der Waals surface area contributed by atoms with Crippen molar-refractivity contribution in [2.75, 3.05) is 11.9 Å². The van der Waals surface area contributed by atoms with Crippen LogP contribution in [0.1, 0.15) is 11.1 Å². The average molecular weight is 363 g/mol. The zero-order valence-electron chi connectivity index (χ0n) is 12.4. The van der Waals surface area contributed by atoms with E-state index in [1.54, 1.807) is 42.5 Å². The molecular weight excluding hydrogens is 351 g/mol. The van der Waals surface area contributed by atoms with Crippen molar-refractivity contribution >= 4 is 40.8 Å². The lowest BCUT2D eigenvalue weighted by atomic mass is 10.1. The fourth-order valence-electron chi connectivity index (χ4n) is 1.84. The van der Waals surface area contributed by atoms with Gasteiger partial charge in [0.2, 0.25) is 0 Å². The van der Waals surface area contributed by atoms with E-state index in [0.717, 1.165) is 0 Å².